The molecule has 0 radical (unpaired) electrons. The van der Waals surface area contributed by atoms with Gasteiger partial charge in [-0.2, -0.15) is 0 Å². The van der Waals surface area contributed by atoms with E-state index in [0.717, 1.165) is 5.39 Å². The third-order valence-corrected chi connectivity index (χ3v) is 2.65. The number of amides is 1. The predicted molar refractivity (Wildman–Crippen MR) is 69.2 cm³/mol. The van der Waals surface area contributed by atoms with E-state index in [2.05, 4.69) is 10.3 Å². The van der Waals surface area contributed by atoms with Crippen molar-refractivity contribution in [3.05, 3.63) is 35.1 Å². The highest BCUT2D eigenvalue weighted by Gasteiger charge is 2.12. The molecule has 4 nitrogen and oxygen atoms in total. The van der Waals surface area contributed by atoms with Crippen LogP contribution in [0.2, 0.25) is 5.02 Å². The molecule has 2 aromatic rings. The van der Waals surface area contributed by atoms with Gasteiger partial charge in [0.2, 0.25) is 0 Å². The van der Waals surface area contributed by atoms with E-state index in [1.807, 2.05) is 6.92 Å². The molecule has 0 saturated carbocycles. The topological polar surface area (TPSA) is 68.0 Å². The highest BCUT2D eigenvalue weighted by Crippen LogP contribution is 2.27. The number of benzene rings is 1. The van der Waals surface area contributed by atoms with Gasteiger partial charge in [0.25, 0.3) is 5.91 Å². The highest BCUT2D eigenvalue weighted by molar-refractivity contribution is 6.32. The van der Waals surface area contributed by atoms with Crippen LogP contribution in [0, 0.1) is 0 Å². The van der Waals surface area contributed by atoms with Crippen LogP contribution in [0.5, 0.6) is 0 Å². The van der Waals surface area contributed by atoms with Crippen molar-refractivity contribution >= 4 is 34.0 Å². The first kappa shape index (κ1) is 11.7. The van der Waals surface area contributed by atoms with Crippen LogP contribution in [-0.2, 0) is 0 Å². The van der Waals surface area contributed by atoms with Crippen molar-refractivity contribution in [2.75, 3.05) is 12.3 Å². The number of nitrogens with two attached hydrogens (primary N) is 1. The lowest BCUT2D eigenvalue weighted by atomic mass is 10.1. The van der Waals surface area contributed by atoms with Gasteiger partial charge in [-0.3, -0.25) is 9.78 Å². The minimum absolute atomic E-state index is 0.222. The average Bonchev–Trinajstić information content (AvgIpc) is 2.28. The smallest absolute Gasteiger partial charge is 0.270 e. The molecule has 0 fully saturated rings. The van der Waals surface area contributed by atoms with Crippen LogP contribution in [0.4, 0.5) is 5.69 Å². The summed E-state index contributed by atoms with van der Waals surface area (Å²) in [7, 11) is 0. The number of pyridine rings is 1. The molecular formula is C12H12ClN3O. The zero-order valence-electron chi connectivity index (χ0n) is 9.33. The summed E-state index contributed by atoms with van der Waals surface area (Å²) in [6, 6.07) is 5.12. The summed E-state index contributed by atoms with van der Waals surface area (Å²) in [5.41, 5.74) is 6.74. The molecule has 0 aliphatic rings. The van der Waals surface area contributed by atoms with Crippen LogP contribution >= 0.6 is 11.6 Å². The monoisotopic (exact) mass is 249 g/mol. The van der Waals surface area contributed by atoms with Crippen molar-refractivity contribution in [1.82, 2.24) is 10.3 Å². The lowest BCUT2D eigenvalue weighted by Crippen LogP contribution is -2.23. The summed E-state index contributed by atoms with van der Waals surface area (Å²) in [5.74, 6) is -0.222. The number of aromatic nitrogens is 1. The van der Waals surface area contributed by atoms with E-state index in [-0.39, 0.29) is 5.91 Å². The summed E-state index contributed by atoms with van der Waals surface area (Å²) in [4.78, 5) is 15.9. The fraction of sp³-hybridized carbons (Fsp3) is 0.167. The fourth-order valence-electron chi connectivity index (χ4n) is 1.70. The van der Waals surface area contributed by atoms with Crippen molar-refractivity contribution in [2.24, 2.45) is 0 Å². The normalized spacial score (nSPS) is 10.5. The molecular weight excluding hydrogens is 238 g/mol. The Hall–Kier alpha value is -1.81. The van der Waals surface area contributed by atoms with Gasteiger partial charge >= 0.3 is 0 Å². The quantitative estimate of drug-likeness (QED) is 0.802. The first-order valence-electron chi connectivity index (χ1n) is 5.25. The molecule has 0 saturated heterocycles. The van der Waals surface area contributed by atoms with Crippen LogP contribution in [0.3, 0.4) is 0 Å². The van der Waals surface area contributed by atoms with Gasteiger partial charge in [-0.15, -0.1) is 0 Å². The maximum absolute atomic E-state index is 11.8. The number of hydrogen-bond acceptors (Lipinski definition) is 3. The van der Waals surface area contributed by atoms with Gasteiger partial charge in [-0.25, -0.2) is 0 Å². The Kier molecular flexibility index (Phi) is 3.15. The highest BCUT2D eigenvalue weighted by atomic mass is 35.5. The zero-order chi connectivity index (χ0) is 12.4. The minimum Gasteiger partial charge on any atom is -0.398 e. The first-order chi connectivity index (χ1) is 8.13. The van der Waals surface area contributed by atoms with E-state index >= 15 is 0 Å². The molecule has 1 heterocycles. The third kappa shape index (κ3) is 2.17. The molecule has 17 heavy (non-hydrogen) atoms. The summed E-state index contributed by atoms with van der Waals surface area (Å²) >= 11 is 5.94. The number of fused-ring (bicyclic) bond motifs is 1. The second kappa shape index (κ2) is 4.59. The summed E-state index contributed by atoms with van der Waals surface area (Å²) < 4.78 is 0. The van der Waals surface area contributed by atoms with Gasteiger partial charge in [0, 0.05) is 34.2 Å². The van der Waals surface area contributed by atoms with Crippen molar-refractivity contribution in [3.8, 4) is 0 Å². The number of carbonyl (C=O) groups excluding carboxylic acids is 1. The van der Waals surface area contributed by atoms with E-state index in [0.29, 0.717) is 28.3 Å². The molecule has 0 aliphatic carbocycles. The number of halogens is 1. The maximum Gasteiger partial charge on any atom is 0.270 e. The Bertz CT molecular complexity index is 583. The largest absolute Gasteiger partial charge is 0.398 e. The van der Waals surface area contributed by atoms with E-state index in [9.17, 15) is 4.79 Å². The standard InChI is InChI=1S/C12H12ClN3O/c1-2-15-12(17)11-9-5-7(13)6-10(14)8(9)3-4-16-11/h3-6H,2,14H2,1H3,(H,15,17). The third-order valence-electron chi connectivity index (χ3n) is 2.43. The number of hydrogen-bond donors (Lipinski definition) is 2. The lowest BCUT2D eigenvalue weighted by Gasteiger charge is -2.07. The van der Waals surface area contributed by atoms with Crippen molar-refractivity contribution in [3.63, 3.8) is 0 Å². The molecule has 3 N–H and O–H groups in total. The average molecular weight is 250 g/mol. The van der Waals surface area contributed by atoms with Gasteiger partial charge in [-0.05, 0) is 25.1 Å². The van der Waals surface area contributed by atoms with E-state index in [4.69, 9.17) is 17.3 Å². The molecule has 5 heteroatoms. The van der Waals surface area contributed by atoms with Crippen LogP contribution < -0.4 is 11.1 Å². The predicted octanol–water partition coefficient (Wildman–Crippen LogP) is 2.22. The van der Waals surface area contributed by atoms with Gasteiger partial charge in [-0.1, -0.05) is 11.6 Å². The Labute approximate surface area is 104 Å². The Morgan fingerprint density at radius 1 is 1.47 bits per heavy atom. The fourth-order valence-corrected chi connectivity index (χ4v) is 1.93. The molecule has 0 atom stereocenters. The molecule has 2 rings (SSSR count). The zero-order valence-corrected chi connectivity index (χ0v) is 10.1. The van der Waals surface area contributed by atoms with Crippen LogP contribution in [0.25, 0.3) is 10.8 Å². The Balaban J connectivity index is 2.68. The lowest BCUT2D eigenvalue weighted by molar-refractivity contribution is 0.0952. The summed E-state index contributed by atoms with van der Waals surface area (Å²) in [6.45, 7) is 2.40. The Morgan fingerprint density at radius 2 is 2.24 bits per heavy atom. The van der Waals surface area contributed by atoms with Crippen molar-refractivity contribution < 1.29 is 4.79 Å². The first-order valence-corrected chi connectivity index (χ1v) is 5.63. The Morgan fingerprint density at radius 3 is 2.94 bits per heavy atom. The number of nitrogen functional groups attached to an aromatic ring is 1. The maximum atomic E-state index is 11.8. The van der Waals surface area contributed by atoms with Gasteiger partial charge in [0.15, 0.2) is 0 Å². The second-order valence-electron chi connectivity index (χ2n) is 3.61. The molecule has 1 aromatic heterocycles. The number of rotatable bonds is 2. The van der Waals surface area contributed by atoms with Gasteiger partial charge in [0.1, 0.15) is 5.69 Å². The molecule has 0 spiro atoms. The minimum atomic E-state index is -0.222. The molecule has 1 aromatic carbocycles. The van der Waals surface area contributed by atoms with Crippen LogP contribution in [-0.4, -0.2) is 17.4 Å². The molecule has 0 unspecified atom stereocenters. The number of nitrogens with one attached hydrogen (secondary N) is 1. The van der Waals surface area contributed by atoms with Crippen LogP contribution in [0.1, 0.15) is 17.4 Å². The SMILES string of the molecule is CCNC(=O)c1nccc2c(N)cc(Cl)cc12. The number of nitrogens with zero attached hydrogens (tertiary/aromatic N) is 1. The molecule has 0 aliphatic heterocycles. The second-order valence-corrected chi connectivity index (χ2v) is 4.05. The van der Waals surface area contributed by atoms with E-state index in [1.54, 1.807) is 24.4 Å². The molecule has 88 valence electrons. The summed E-state index contributed by atoms with van der Waals surface area (Å²) in [6.07, 6.45) is 1.57. The van der Waals surface area contributed by atoms with Crippen molar-refractivity contribution in [2.45, 2.75) is 6.92 Å². The van der Waals surface area contributed by atoms with Gasteiger partial charge < -0.3 is 11.1 Å². The van der Waals surface area contributed by atoms with Crippen molar-refractivity contribution in [1.29, 1.82) is 0 Å². The molecule has 0 bridgehead atoms. The van der Waals surface area contributed by atoms with E-state index < -0.39 is 0 Å². The number of anilines is 1. The number of carbonyl (C=O) groups is 1. The van der Waals surface area contributed by atoms with Gasteiger partial charge in [0.05, 0.1) is 0 Å². The summed E-state index contributed by atoms with van der Waals surface area (Å²) in [5, 5.41) is 4.65. The molecule has 1 amide bonds. The van der Waals surface area contributed by atoms with E-state index in [1.165, 1.54) is 0 Å². The van der Waals surface area contributed by atoms with Crippen LogP contribution in [0.15, 0.2) is 24.4 Å².